The molecule has 0 spiro atoms. The van der Waals surface area contributed by atoms with Gasteiger partial charge in [-0.15, -0.1) is 0 Å². The summed E-state index contributed by atoms with van der Waals surface area (Å²) < 4.78 is 0. The van der Waals surface area contributed by atoms with Crippen molar-refractivity contribution in [3.05, 3.63) is 0 Å². The number of carbonyl (C=O) groups is 1. The van der Waals surface area contributed by atoms with Crippen LogP contribution in [0.2, 0.25) is 0 Å². The van der Waals surface area contributed by atoms with Crippen LogP contribution in [-0.4, -0.2) is 35.6 Å². The highest BCUT2D eigenvalue weighted by molar-refractivity contribution is 5.75. The van der Waals surface area contributed by atoms with Gasteiger partial charge in [-0.2, -0.15) is 0 Å². The first-order valence-corrected chi connectivity index (χ1v) is 7.38. The number of carboxylic acid groups (broad SMARTS) is 1. The van der Waals surface area contributed by atoms with Gasteiger partial charge in [0.05, 0.1) is 5.41 Å². The summed E-state index contributed by atoms with van der Waals surface area (Å²) in [7, 11) is 2.08. The Morgan fingerprint density at radius 3 is 2.50 bits per heavy atom. The largest absolute Gasteiger partial charge is 0.481 e. The Morgan fingerprint density at radius 1 is 1.44 bits per heavy atom. The molecule has 1 fully saturated rings. The minimum absolute atomic E-state index is 0.505. The van der Waals surface area contributed by atoms with E-state index in [1.807, 2.05) is 0 Å². The van der Waals surface area contributed by atoms with Crippen molar-refractivity contribution >= 4 is 5.97 Å². The van der Waals surface area contributed by atoms with Gasteiger partial charge in [-0.25, -0.2) is 0 Å². The van der Waals surface area contributed by atoms with Crippen molar-refractivity contribution < 1.29 is 9.90 Å². The minimum Gasteiger partial charge on any atom is -0.481 e. The van der Waals surface area contributed by atoms with Crippen molar-refractivity contribution in [1.82, 2.24) is 4.90 Å². The predicted molar refractivity (Wildman–Crippen MR) is 74.7 cm³/mol. The second-order valence-electron chi connectivity index (χ2n) is 6.17. The zero-order valence-electron chi connectivity index (χ0n) is 12.4. The number of rotatable bonds is 6. The normalized spacial score (nSPS) is 28.9. The van der Waals surface area contributed by atoms with Crippen LogP contribution in [0.3, 0.4) is 0 Å². The molecular formula is C15H29NO2. The number of hydrogen-bond acceptors (Lipinski definition) is 2. The van der Waals surface area contributed by atoms with Crippen LogP contribution in [0, 0.1) is 11.3 Å². The molecule has 1 saturated carbocycles. The Bertz CT molecular complexity index is 276. The molecule has 0 aromatic heterocycles. The third-order valence-corrected chi connectivity index (χ3v) is 4.66. The highest BCUT2D eigenvalue weighted by Crippen LogP contribution is 2.40. The highest BCUT2D eigenvalue weighted by atomic mass is 16.4. The lowest BCUT2D eigenvalue weighted by atomic mass is 9.69. The Morgan fingerprint density at radius 2 is 2.06 bits per heavy atom. The lowest BCUT2D eigenvalue weighted by Crippen LogP contribution is -2.47. The Balaban J connectivity index is 2.76. The molecule has 0 bridgehead atoms. The summed E-state index contributed by atoms with van der Waals surface area (Å²) in [6.07, 6.45) is 6.12. The Kier molecular flexibility index (Phi) is 5.64. The van der Waals surface area contributed by atoms with Crippen molar-refractivity contribution in [1.29, 1.82) is 0 Å². The molecule has 0 saturated heterocycles. The van der Waals surface area contributed by atoms with Gasteiger partial charge in [0.2, 0.25) is 0 Å². The molecule has 0 aromatic rings. The monoisotopic (exact) mass is 255 g/mol. The highest BCUT2D eigenvalue weighted by Gasteiger charge is 2.43. The van der Waals surface area contributed by atoms with Gasteiger partial charge in [0, 0.05) is 12.6 Å². The lowest BCUT2D eigenvalue weighted by Gasteiger charge is -2.41. The fourth-order valence-corrected chi connectivity index (χ4v) is 3.58. The van der Waals surface area contributed by atoms with E-state index in [0.29, 0.717) is 18.5 Å². The molecule has 2 unspecified atom stereocenters. The maximum absolute atomic E-state index is 11.7. The maximum Gasteiger partial charge on any atom is 0.310 e. The van der Waals surface area contributed by atoms with Crippen molar-refractivity contribution in [2.24, 2.45) is 11.3 Å². The molecular weight excluding hydrogens is 226 g/mol. The summed E-state index contributed by atoms with van der Waals surface area (Å²) >= 11 is 0. The molecule has 3 heteroatoms. The van der Waals surface area contributed by atoms with Crippen LogP contribution in [0.1, 0.15) is 59.3 Å². The van der Waals surface area contributed by atoms with E-state index < -0.39 is 11.4 Å². The van der Waals surface area contributed by atoms with E-state index >= 15 is 0 Å². The average Bonchev–Trinajstić information content (AvgIpc) is 2.30. The topological polar surface area (TPSA) is 40.5 Å². The standard InChI is InChI=1S/C15H29NO2/c1-5-13(6-2)16(4)11-15(14(17)18)9-7-8-12(3)10-15/h12-13H,5-11H2,1-4H3,(H,17,18). The molecule has 0 aromatic carbocycles. The fraction of sp³-hybridized carbons (Fsp3) is 0.933. The molecule has 1 aliphatic carbocycles. The molecule has 0 aliphatic heterocycles. The van der Waals surface area contributed by atoms with Crippen LogP contribution in [0.15, 0.2) is 0 Å². The summed E-state index contributed by atoms with van der Waals surface area (Å²) in [5.74, 6) is -0.0446. The summed E-state index contributed by atoms with van der Waals surface area (Å²) in [5, 5.41) is 9.66. The van der Waals surface area contributed by atoms with Gasteiger partial charge in [-0.05, 0) is 38.6 Å². The van der Waals surface area contributed by atoms with Crippen LogP contribution < -0.4 is 0 Å². The number of nitrogens with zero attached hydrogens (tertiary/aromatic N) is 1. The van der Waals surface area contributed by atoms with E-state index in [-0.39, 0.29) is 0 Å². The summed E-state index contributed by atoms with van der Waals surface area (Å²) in [6.45, 7) is 7.26. The molecule has 1 rings (SSSR count). The first-order chi connectivity index (χ1) is 8.45. The van der Waals surface area contributed by atoms with E-state index in [9.17, 15) is 9.90 Å². The molecule has 18 heavy (non-hydrogen) atoms. The molecule has 0 radical (unpaired) electrons. The van der Waals surface area contributed by atoms with Crippen molar-refractivity contribution in [2.45, 2.75) is 65.3 Å². The summed E-state index contributed by atoms with van der Waals surface area (Å²) in [4.78, 5) is 14.0. The smallest absolute Gasteiger partial charge is 0.310 e. The Hall–Kier alpha value is -0.570. The SMILES string of the molecule is CCC(CC)N(C)CC1(C(=O)O)CCCC(C)C1. The minimum atomic E-state index is -0.591. The number of hydrogen-bond donors (Lipinski definition) is 1. The number of aliphatic carboxylic acids is 1. The first-order valence-electron chi connectivity index (χ1n) is 7.38. The quantitative estimate of drug-likeness (QED) is 0.791. The second-order valence-corrected chi connectivity index (χ2v) is 6.17. The van der Waals surface area contributed by atoms with E-state index in [1.54, 1.807) is 0 Å². The Labute approximate surface area is 112 Å². The van der Waals surface area contributed by atoms with Crippen molar-refractivity contribution in [3.8, 4) is 0 Å². The molecule has 1 aliphatic rings. The summed E-state index contributed by atoms with van der Waals surface area (Å²) in [5.41, 5.74) is -0.505. The first kappa shape index (κ1) is 15.5. The van der Waals surface area contributed by atoms with Gasteiger partial charge in [-0.1, -0.05) is 33.6 Å². The van der Waals surface area contributed by atoms with E-state index in [2.05, 4.69) is 32.7 Å². The molecule has 106 valence electrons. The van der Waals surface area contributed by atoms with Crippen LogP contribution in [0.25, 0.3) is 0 Å². The second kappa shape index (κ2) is 6.55. The molecule has 1 N–H and O–H groups in total. The van der Waals surface area contributed by atoms with Crippen molar-refractivity contribution in [3.63, 3.8) is 0 Å². The molecule has 0 heterocycles. The van der Waals surface area contributed by atoms with E-state index in [0.717, 1.165) is 32.1 Å². The lowest BCUT2D eigenvalue weighted by molar-refractivity contribution is -0.153. The van der Waals surface area contributed by atoms with Gasteiger partial charge >= 0.3 is 5.97 Å². The van der Waals surface area contributed by atoms with E-state index in [1.165, 1.54) is 6.42 Å². The summed E-state index contributed by atoms with van der Waals surface area (Å²) in [6, 6.07) is 0.512. The molecule has 0 amide bonds. The predicted octanol–water partition coefficient (Wildman–Crippen LogP) is 3.39. The van der Waals surface area contributed by atoms with Gasteiger partial charge in [0.1, 0.15) is 0 Å². The third kappa shape index (κ3) is 3.47. The third-order valence-electron chi connectivity index (χ3n) is 4.66. The van der Waals surface area contributed by atoms with Crippen molar-refractivity contribution in [2.75, 3.05) is 13.6 Å². The zero-order valence-corrected chi connectivity index (χ0v) is 12.4. The van der Waals surface area contributed by atoms with Gasteiger partial charge in [0.15, 0.2) is 0 Å². The van der Waals surface area contributed by atoms with E-state index in [4.69, 9.17) is 0 Å². The fourth-order valence-electron chi connectivity index (χ4n) is 3.58. The van der Waals surface area contributed by atoms with Gasteiger partial charge in [-0.3, -0.25) is 4.79 Å². The van der Waals surface area contributed by atoms with Gasteiger partial charge in [0.25, 0.3) is 0 Å². The average molecular weight is 255 g/mol. The zero-order chi connectivity index (χ0) is 13.8. The molecule has 3 nitrogen and oxygen atoms in total. The van der Waals surface area contributed by atoms with Crippen LogP contribution in [0.5, 0.6) is 0 Å². The van der Waals surface area contributed by atoms with Gasteiger partial charge < -0.3 is 10.0 Å². The maximum atomic E-state index is 11.7. The van der Waals surface area contributed by atoms with Crippen LogP contribution in [-0.2, 0) is 4.79 Å². The van der Waals surface area contributed by atoms with Crippen LogP contribution in [0.4, 0.5) is 0 Å². The molecule has 2 atom stereocenters. The van der Waals surface area contributed by atoms with Crippen LogP contribution >= 0.6 is 0 Å². The number of carboxylic acids is 1.